The highest BCUT2D eigenvalue weighted by molar-refractivity contribution is 5.98. The molecular weight excluding hydrogens is 432 g/mol. The average molecular weight is 450 g/mol. The van der Waals surface area contributed by atoms with E-state index in [9.17, 15) is 25.0 Å². The van der Waals surface area contributed by atoms with E-state index in [1.54, 1.807) is 36.4 Å². The lowest BCUT2D eigenvalue weighted by Gasteiger charge is -2.07. The number of benzene rings is 3. The van der Waals surface area contributed by atoms with Crippen molar-refractivity contribution in [3.63, 3.8) is 0 Å². The zero-order valence-corrected chi connectivity index (χ0v) is 17.3. The minimum atomic E-state index is -0.669. The Morgan fingerprint density at radius 1 is 1.00 bits per heavy atom. The lowest BCUT2D eigenvalue weighted by atomic mass is 10.1. The van der Waals surface area contributed by atoms with Gasteiger partial charge in [0.2, 0.25) is 0 Å². The van der Waals surface area contributed by atoms with Crippen molar-refractivity contribution in [2.24, 2.45) is 5.10 Å². The first-order valence-electron chi connectivity index (χ1n) is 9.49. The van der Waals surface area contributed by atoms with Gasteiger partial charge in [-0.25, -0.2) is 5.43 Å². The number of ether oxygens (including phenoxy) is 2. The third-order valence-corrected chi connectivity index (χ3v) is 4.43. The molecule has 0 aromatic heterocycles. The molecule has 0 aliphatic carbocycles. The minimum absolute atomic E-state index is 0.00161. The lowest BCUT2D eigenvalue weighted by Crippen LogP contribution is -2.18. The molecule has 0 saturated heterocycles. The van der Waals surface area contributed by atoms with Gasteiger partial charge in [0.05, 0.1) is 28.7 Å². The third kappa shape index (κ3) is 6.10. The Morgan fingerprint density at radius 3 is 2.36 bits per heavy atom. The molecule has 0 bridgehead atoms. The Bertz CT molecular complexity index is 1210. The van der Waals surface area contributed by atoms with Crippen molar-refractivity contribution in [2.45, 2.75) is 6.61 Å². The Morgan fingerprint density at radius 2 is 1.70 bits per heavy atom. The molecule has 0 heterocycles. The van der Waals surface area contributed by atoms with E-state index in [2.05, 4.69) is 10.5 Å². The van der Waals surface area contributed by atoms with Crippen LogP contribution in [0.5, 0.6) is 11.5 Å². The van der Waals surface area contributed by atoms with Gasteiger partial charge in [-0.15, -0.1) is 0 Å². The van der Waals surface area contributed by atoms with Crippen molar-refractivity contribution in [1.29, 1.82) is 0 Å². The van der Waals surface area contributed by atoms with Gasteiger partial charge in [0.1, 0.15) is 18.1 Å². The lowest BCUT2D eigenvalue weighted by molar-refractivity contribution is -0.385. The maximum atomic E-state index is 12.4. The monoisotopic (exact) mass is 450 g/mol. The number of hydrazone groups is 1. The minimum Gasteiger partial charge on any atom is -0.496 e. The van der Waals surface area contributed by atoms with Crippen LogP contribution in [0.3, 0.4) is 0 Å². The van der Waals surface area contributed by atoms with Crippen LogP contribution in [0.4, 0.5) is 11.4 Å². The molecule has 1 N–H and O–H groups in total. The second-order valence-corrected chi connectivity index (χ2v) is 6.63. The fourth-order valence-electron chi connectivity index (χ4n) is 2.78. The molecule has 1 amide bonds. The molecule has 0 spiro atoms. The number of amides is 1. The summed E-state index contributed by atoms with van der Waals surface area (Å²) >= 11 is 0. The van der Waals surface area contributed by atoms with Crippen LogP contribution in [0.2, 0.25) is 0 Å². The van der Waals surface area contributed by atoms with Crippen molar-refractivity contribution < 1.29 is 24.1 Å². The zero-order valence-electron chi connectivity index (χ0n) is 17.3. The van der Waals surface area contributed by atoms with Crippen LogP contribution in [-0.4, -0.2) is 29.1 Å². The Balaban J connectivity index is 1.62. The Kier molecular flexibility index (Phi) is 7.27. The smallest absolute Gasteiger partial charge is 0.275 e. The molecule has 0 saturated carbocycles. The largest absolute Gasteiger partial charge is 0.496 e. The summed E-state index contributed by atoms with van der Waals surface area (Å²) in [5.41, 5.74) is 3.43. The van der Waals surface area contributed by atoms with Gasteiger partial charge < -0.3 is 9.47 Å². The van der Waals surface area contributed by atoms with Gasteiger partial charge in [0.15, 0.2) is 0 Å². The summed E-state index contributed by atoms with van der Waals surface area (Å²) in [6.45, 7) is 0.210. The standard InChI is InChI=1S/C22H18N4O7/c1-32-21-10-9-18(26(30)31)12-20(21)22(27)24-23-13-16-3-2-4-19(11-16)33-14-15-5-7-17(8-6-15)25(28)29/h2-13H,14H2,1H3,(H,24,27). The SMILES string of the molecule is COc1ccc([N+](=O)[O-])cc1C(=O)NN=Cc1cccc(OCc2ccc([N+](=O)[O-])cc2)c1. The van der Waals surface area contributed by atoms with E-state index >= 15 is 0 Å². The molecule has 11 nitrogen and oxygen atoms in total. The van der Waals surface area contributed by atoms with E-state index in [0.717, 1.165) is 11.6 Å². The molecule has 0 aliphatic heterocycles. The molecule has 0 fully saturated rings. The molecule has 0 unspecified atom stereocenters. The van der Waals surface area contributed by atoms with Crippen molar-refractivity contribution >= 4 is 23.5 Å². The zero-order chi connectivity index (χ0) is 23.8. The number of methoxy groups -OCH3 is 1. The van der Waals surface area contributed by atoms with Gasteiger partial charge in [-0.2, -0.15) is 5.10 Å². The van der Waals surface area contributed by atoms with Crippen molar-refractivity contribution in [3.8, 4) is 11.5 Å². The second-order valence-electron chi connectivity index (χ2n) is 6.63. The van der Waals surface area contributed by atoms with Crippen LogP contribution in [0, 0.1) is 20.2 Å². The summed E-state index contributed by atoms with van der Waals surface area (Å²) in [6.07, 6.45) is 1.39. The Hall–Kier alpha value is -4.80. The molecule has 3 rings (SSSR count). The van der Waals surface area contributed by atoms with E-state index in [-0.39, 0.29) is 29.3 Å². The first-order chi connectivity index (χ1) is 15.9. The summed E-state index contributed by atoms with van der Waals surface area (Å²) in [7, 11) is 1.35. The maximum absolute atomic E-state index is 12.4. The highest BCUT2D eigenvalue weighted by Crippen LogP contribution is 2.24. The topological polar surface area (TPSA) is 146 Å². The maximum Gasteiger partial charge on any atom is 0.275 e. The first-order valence-corrected chi connectivity index (χ1v) is 9.49. The molecule has 11 heteroatoms. The molecule has 3 aromatic carbocycles. The molecule has 0 aliphatic rings. The summed E-state index contributed by atoms with van der Waals surface area (Å²) in [5, 5.41) is 25.6. The number of hydrogen-bond acceptors (Lipinski definition) is 8. The van der Waals surface area contributed by atoms with E-state index in [0.29, 0.717) is 11.3 Å². The van der Waals surface area contributed by atoms with Gasteiger partial charge in [-0.1, -0.05) is 12.1 Å². The quantitative estimate of drug-likeness (QED) is 0.296. The summed E-state index contributed by atoms with van der Waals surface area (Å²) in [4.78, 5) is 33.0. The summed E-state index contributed by atoms with van der Waals surface area (Å²) in [6, 6.07) is 16.6. The summed E-state index contributed by atoms with van der Waals surface area (Å²) < 4.78 is 10.8. The predicted molar refractivity (Wildman–Crippen MR) is 119 cm³/mol. The number of nitro groups is 2. The van der Waals surface area contributed by atoms with Crippen LogP contribution in [-0.2, 0) is 6.61 Å². The fraction of sp³-hybridized carbons (Fsp3) is 0.0909. The van der Waals surface area contributed by atoms with Gasteiger partial charge in [-0.05, 0) is 41.5 Å². The molecule has 0 radical (unpaired) electrons. The number of hydrogen-bond donors (Lipinski definition) is 1. The second kappa shape index (κ2) is 10.5. The summed E-state index contributed by atoms with van der Waals surface area (Å²) in [5.74, 6) is 0.0382. The number of carbonyl (C=O) groups is 1. The van der Waals surface area contributed by atoms with Gasteiger partial charge in [-0.3, -0.25) is 25.0 Å². The highest BCUT2D eigenvalue weighted by atomic mass is 16.6. The average Bonchev–Trinajstić information content (AvgIpc) is 2.82. The van der Waals surface area contributed by atoms with Crippen molar-refractivity contribution in [2.75, 3.05) is 7.11 Å². The van der Waals surface area contributed by atoms with E-state index in [1.165, 1.54) is 37.6 Å². The molecule has 0 atom stereocenters. The predicted octanol–water partition coefficient (Wildman–Crippen LogP) is 3.85. The van der Waals surface area contributed by atoms with E-state index in [1.807, 2.05) is 0 Å². The van der Waals surface area contributed by atoms with Crippen LogP contribution in [0.15, 0.2) is 71.8 Å². The third-order valence-electron chi connectivity index (χ3n) is 4.43. The number of carbonyl (C=O) groups excluding carboxylic acids is 1. The Labute approximate surface area is 187 Å². The first kappa shape index (κ1) is 22.9. The van der Waals surface area contributed by atoms with Crippen LogP contribution in [0.25, 0.3) is 0 Å². The highest BCUT2D eigenvalue weighted by Gasteiger charge is 2.17. The molecular formula is C22H18N4O7. The molecule has 168 valence electrons. The van der Waals surface area contributed by atoms with Gasteiger partial charge in [0, 0.05) is 24.3 Å². The fourth-order valence-corrected chi connectivity index (χ4v) is 2.78. The van der Waals surface area contributed by atoms with Crippen LogP contribution < -0.4 is 14.9 Å². The van der Waals surface area contributed by atoms with Crippen molar-refractivity contribution in [3.05, 3.63) is 104 Å². The number of rotatable bonds is 9. The van der Waals surface area contributed by atoms with Crippen LogP contribution >= 0.6 is 0 Å². The van der Waals surface area contributed by atoms with Gasteiger partial charge >= 0.3 is 0 Å². The van der Waals surface area contributed by atoms with E-state index in [4.69, 9.17) is 9.47 Å². The number of nitrogens with one attached hydrogen (secondary N) is 1. The van der Waals surface area contributed by atoms with Crippen LogP contribution in [0.1, 0.15) is 21.5 Å². The van der Waals surface area contributed by atoms with Gasteiger partial charge in [0.25, 0.3) is 17.3 Å². The number of nitrogens with zero attached hydrogens (tertiary/aromatic N) is 3. The van der Waals surface area contributed by atoms with E-state index < -0.39 is 15.8 Å². The number of non-ortho nitro benzene ring substituents is 2. The normalized spacial score (nSPS) is 10.6. The molecule has 3 aromatic rings. The molecule has 33 heavy (non-hydrogen) atoms. The van der Waals surface area contributed by atoms with Crippen molar-refractivity contribution in [1.82, 2.24) is 5.43 Å². The number of nitro benzene ring substituents is 2.